The SMILES string of the molecule is [Li][CH2]CCC.[Li][CH2]CCCC1CCCCC1. The standard InChI is InChI=1S/C10H19.C4H9.2Li/c1-2-3-7-10-8-5-4-6-9-10;1-3-4-2;;/h10H,1-9H2;1,3-4H2,2H3;;. The van der Waals surface area contributed by atoms with E-state index in [1.54, 1.807) is 0 Å². The van der Waals surface area contributed by atoms with Gasteiger partial charge in [-0.2, -0.15) is 0 Å². The molecule has 0 aromatic carbocycles. The number of unbranched alkanes of at least 4 members (excludes halogenated alkanes) is 2. The Labute approximate surface area is 122 Å². The molecule has 0 heterocycles. The minimum absolute atomic E-state index is 1.11. The van der Waals surface area contributed by atoms with Gasteiger partial charge < -0.3 is 0 Å². The van der Waals surface area contributed by atoms with Gasteiger partial charge in [0.15, 0.2) is 0 Å². The number of hydrogen-bond acceptors (Lipinski definition) is 0. The van der Waals surface area contributed by atoms with Gasteiger partial charge in [-0.3, -0.25) is 0 Å². The Bertz CT molecular complexity index is 118. The third-order valence-electron chi connectivity index (χ3n) is 3.65. The zero-order valence-electron chi connectivity index (χ0n) is 12.1. The molecule has 0 spiro atoms. The maximum atomic E-state index is 2.29. The van der Waals surface area contributed by atoms with E-state index >= 15 is 0 Å². The normalized spacial score (nSPS) is 16.8. The molecular formula is C14H28Li2. The minimum atomic E-state index is 1.11. The van der Waals surface area contributed by atoms with Gasteiger partial charge in [0.05, 0.1) is 0 Å². The fraction of sp³-hybridized carbons (Fsp3) is 1.00. The van der Waals surface area contributed by atoms with E-state index in [9.17, 15) is 0 Å². The molecule has 0 N–H and O–H groups in total. The summed E-state index contributed by atoms with van der Waals surface area (Å²) in [6.07, 6.45) is 14.8. The first-order valence-corrected chi connectivity index (χ1v) is 7.85. The summed E-state index contributed by atoms with van der Waals surface area (Å²) in [6, 6.07) is 0. The molecule has 0 aliphatic heterocycles. The van der Waals surface area contributed by atoms with Crippen LogP contribution in [0.3, 0.4) is 0 Å². The van der Waals surface area contributed by atoms with Crippen LogP contribution in [0.2, 0.25) is 10.2 Å². The molecule has 1 fully saturated rings. The molecule has 0 bridgehead atoms. The predicted molar refractivity (Wildman–Crippen MR) is 76.5 cm³/mol. The molecule has 0 saturated heterocycles. The average molecular weight is 210 g/mol. The van der Waals surface area contributed by atoms with Crippen LogP contribution in [0.5, 0.6) is 0 Å². The van der Waals surface area contributed by atoms with Crippen molar-refractivity contribution in [3.8, 4) is 0 Å². The summed E-state index contributed by atoms with van der Waals surface area (Å²) < 4.78 is 0. The Balaban J connectivity index is 0.000000385. The Kier molecular flexibility index (Phi) is 15.3. The Morgan fingerprint density at radius 3 is 1.94 bits per heavy atom. The van der Waals surface area contributed by atoms with Crippen molar-refractivity contribution >= 4 is 35.4 Å². The second-order valence-electron chi connectivity index (χ2n) is 5.35. The zero-order chi connectivity index (χ0) is 12.1. The van der Waals surface area contributed by atoms with Crippen LogP contribution in [-0.4, -0.2) is 35.4 Å². The zero-order valence-corrected chi connectivity index (χ0v) is 12.1. The fourth-order valence-corrected chi connectivity index (χ4v) is 2.51. The van der Waals surface area contributed by atoms with Crippen molar-refractivity contribution in [3.63, 3.8) is 0 Å². The van der Waals surface area contributed by atoms with Crippen LogP contribution in [0.15, 0.2) is 0 Å². The van der Waals surface area contributed by atoms with Crippen LogP contribution in [0.1, 0.15) is 71.1 Å². The molecule has 1 aliphatic carbocycles. The van der Waals surface area contributed by atoms with Gasteiger partial charge in [0, 0.05) is 0 Å². The molecule has 0 radical (unpaired) electrons. The van der Waals surface area contributed by atoms with Gasteiger partial charge in [-0.1, -0.05) is 0 Å². The van der Waals surface area contributed by atoms with Gasteiger partial charge in [-0.25, -0.2) is 0 Å². The van der Waals surface area contributed by atoms with E-state index < -0.39 is 0 Å². The van der Waals surface area contributed by atoms with Crippen molar-refractivity contribution in [1.82, 2.24) is 0 Å². The summed E-state index contributed by atoms with van der Waals surface area (Å²) in [5.41, 5.74) is 0. The van der Waals surface area contributed by atoms with Crippen LogP contribution in [-0.2, 0) is 0 Å². The van der Waals surface area contributed by atoms with Crippen LogP contribution < -0.4 is 0 Å². The average Bonchev–Trinajstić information content (AvgIpc) is 2.33. The topological polar surface area (TPSA) is 0 Å². The molecule has 2 heteroatoms. The van der Waals surface area contributed by atoms with E-state index in [2.05, 4.69) is 42.4 Å². The molecule has 0 unspecified atom stereocenters. The van der Waals surface area contributed by atoms with Crippen molar-refractivity contribution < 1.29 is 0 Å². The van der Waals surface area contributed by atoms with Crippen LogP contribution in [0, 0.1) is 5.92 Å². The molecule has 0 amide bonds. The quantitative estimate of drug-likeness (QED) is 0.440. The van der Waals surface area contributed by atoms with Crippen LogP contribution >= 0.6 is 0 Å². The number of hydrogen-bond donors (Lipinski definition) is 0. The van der Waals surface area contributed by atoms with Crippen molar-refractivity contribution in [3.05, 3.63) is 0 Å². The molecule has 86 valence electrons. The number of rotatable bonds is 6. The van der Waals surface area contributed by atoms with Gasteiger partial charge in [0.2, 0.25) is 0 Å². The molecule has 0 atom stereocenters. The predicted octanol–water partition coefficient (Wildman–Crippen LogP) is 4.70. The van der Waals surface area contributed by atoms with Gasteiger partial charge in [-0.05, 0) is 0 Å². The first-order valence-electron chi connectivity index (χ1n) is 7.85. The molecule has 1 rings (SSSR count). The van der Waals surface area contributed by atoms with E-state index in [4.69, 9.17) is 0 Å². The molecule has 16 heavy (non-hydrogen) atoms. The van der Waals surface area contributed by atoms with E-state index in [0.29, 0.717) is 0 Å². The third-order valence-corrected chi connectivity index (χ3v) is 3.65. The summed E-state index contributed by atoms with van der Waals surface area (Å²) in [4.78, 5) is 0. The van der Waals surface area contributed by atoms with Crippen LogP contribution in [0.25, 0.3) is 0 Å². The van der Waals surface area contributed by atoms with Gasteiger partial charge in [-0.15, -0.1) is 0 Å². The molecule has 0 aromatic rings. The third kappa shape index (κ3) is 11.7. The fourth-order valence-electron chi connectivity index (χ4n) is 2.51. The van der Waals surface area contributed by atoms with Crippen molar-refractivity contribution in [1.29, 1.82) is 0 Å². The second-order valence-corrected chi connectivity index (χ2v) is 5.35. The van der Waals surface area contributed by atoms with Crippen molar-refractivity contribution in [2.45, 2.75) is 81.3 Å². The first-order chi connectivity index (χ1) is 7.85. The summed E-state index contributed by atoms with van der Waals surface area (Å²) in [5, 5.41) is 2.73. The van der Waals surface area contributed by atoms with E-state index in [1.165, 1.54) is 74.4 Å². The Hall–Kier alpha value is 1.19. The summed E-state index contributed by atoms with van der Waals surface area (Å²) >= 11 is 4.50. The molecular weight excluding hydrogens is 182 g/mol. The maximum absolute atomic E-state index is 2.29. The second kappa shape index (κ2) is 14.3. The molecule has 0 nitrogen and oxygen atoms in total. The van der Waals surface area contributed by atoms with Gasteiger partial charge >= 0.3 is 123 Å². The van der Waals surface area contributed by atoms with Gasteiger partial charge in [0.25, 0.3) is 0 Å². The van der Waals surface area contributed by atoms with Gasteiger partial charge in [0.1, 0.15) is 0 Å². The Morgan fingerprint density at radius 2 is 1.50 bits per heavy atom. The van der Waals surface area contributed by atoms with E-state index in [0.717, 1.165) is 5.92 Å². The van der Waals surface area contributed by atoms with Crippen LogP contribution in [0.4, 0.5) is 0 Å². The Morgan fingerprint density at radius 1 is 0.875 bits per heavy atom. The summed E-state index contributed by atoms with van der Waals surface area (Å²) in [7, 11) is 0. The first kappa shape index (κ1) is 17.2. The monoisotopic (exact) mass is 210 g/mol. The van der Waals surface area contributed by atoms with Crippen molar-refractivity contribution in [2.24, 2.45) is 5.92 Å². The van der Waals surface area contributed by atoms with E-state index in [-0.39, 0.29) is 0 Å². The van der Waals surface area contributed by atoms with Crippen molar-refractivity contribution in [2.75, 3.05) is 0 Å². The molecule has 0 aromatic heterocycles. The van der Waals surface area contributed by atoms with E-state index in [1.807, 2.05) is 0 Å². The molecule has 1 aliphatic rings. The summed E-state index contributed by atoms with van der Waals surface area (Å²) in [6.45, 7) is 2.21. The molecule has 1 saturated carbocycles. The summed E-state index contributed by atoms with van der Waals surface area (Å²) in [5.74, 6) is 1.11.